The summed E-state index contributed by atoms with van der Waals surface area (Å²) in [6, 6.07) is 18.2. The Bertz CT molecular complexity index is 878. The molecule has 2 aromatic carbocycles. The van der Waals surface area contributed by atoms with Gasteiger partial charge in [-0.1, -0.05) is 48.5 Å². The van der Waals surface area contributed by atoms with Crippen LogP contribution >= 0.6 is 12.4 Å². The van der Waals surface area contributed by atoms with Crippen LogP contribution in [0, 0.1) is 0 Å². The highest BCUT2D eigenvalue weighted by molar-refractivity contribution is 5.85. The van der Waals surface area contributed by atoms with Crippen LogP contribution in [0.25, 0.3) is 0 Å². The number of nitrogens with zero attached hydrogens (tertiary/aromatic N) is 3. The number of fused-ring (bicyclic) bond motifs is 1. The number of anilines is 1. The summed E-state index contributed by atoms with van der Waals surface area (Å²) in [5, 5.41) is 5.35. The fourth-order valence-electron chi connectivity index (χ4n) is 4.23. The molecule has 2 aliphatic heterocycles. The summed E-state index contributed by atoms with van der Waals surface area (Å²) >= 11 is 0. The average molecular weight is 417 g/mol. The number of para-hydroxylation sites is 1. The number of benzene rings is 2. The topological polar surface area (TPSA) is 78.7 Å². The molecule has 0 aliphatic carbocycles. The number of rotatable bonds is 5. The summed E-state index contributed by atoms with van der Waals surface area (Å²) in [5.74, 6) is -0.230. The molecule has 1 fully saturated rings. The first-order valence-electron chi connectivity index (χ1n) is 9.60. The van der Waals surface area contributed by atoms with Crippen molar-refractivity contribution in [3.8, 4) is 0 Å². The van der Waals surface area contributed by atoms with Gasteiger partial charge in [0.15, 0.2) is 0 Å². The summed E-state index contributed by atoms with van der Waals surface area (Å²) in [4.78, 5) is 26.9. The molecule has 2 aliphatic rings. The molecule has 0 radical (unpaired) electrons. The van der Waals surface area contributed by atoms with E-state index < -0.39 is 0 Å². The molecule has 7 nitrogen and oxygen atoms in total. The molecule has 0 aromatic heterocycles. The van der Waals surface area contributed by atoms with Gasteiger partial charge in [0.1, 0.15) is 26.3 Å². The van der Waals surface area contributed by atoms with E-state index in [0.717, 1.165) is 23.4 Å². The molecular weight excluding hydrogens is 390 g/mol. The van der Waals surface area contributed by atoms with E-state index in [4.69, 9.17) is 5.73 Å². The lowest BCUT2D eigenvalue weighted by atomic mass is 10.1. The van der Waals surface area contributed by atoms with E-state index >= 15 is 0 Å². The lowest BCUT2D eigenvalue weighted by Gasteiger charge is -2.50. The number of primary amides is 1. The number of halogens is 1. The van der Waals surface area contributed by atoms with Gasteiger partial charge in [-0.05, 0) is 11.6 Å². The van der Waals surface area contributed by atoms with Gasteiger partial charge in [0, 0.05) is 18.7 Å². The maximum Gasteiger partial charge on any atom is 0.352 e. The van der Waals surface area contributed by atoms with E-state index in [1.165, 1.54) is 0 Å². The number of hydrogen-bond acceptors (Lipinski definition) is 5. The van der Waals surface area contributed by atoms with Crippen molar-refractivity contribution in [2.45, 2.75) is 13.1 Å². The summed E-state index contributed by atoms with van der Waals surface area (Å²) in [6.45, 7) is 3.63. The van der Waals surface area contributed by atoms with Crippen LogP contribution in [0.2, 0.25) is 0 Å². The van der Waals surface area contributed by atoms with Crippen LogP contribution in [0.15, 0.2) is 54.6 Å². The third kappa shape index (κ3) is 4.28. The van der Waals surface area contributed by atoms with Crippen molar-refractivity contribution < 1.29 is 14.2 Å². The molecular formula is C21H27ClN5O2+. The smallest absolute Gasteiger partial charge is 0.352 e. The molecule has 8 heteroatoms. The van der Waals surface area contributed by atoms with Crippen molar-refractivity contribution in [3.63, 3.8) is 0 Å². The molecule has 2 aromatic rings. The van der Waals surface area contributed by atoms with Crippen LogP contribution in [-0.2, 0) is 22.7 Å². The number of amides is 2. The maximum absolute atomic E-state index is 13.3. The molecule has 1 unspecified atom stereocenters. The lowest BCUT2D eigenvalue weighted by molar-refractivity contribution is -0.879. The summed E-state index contributed by atoms with van der Waals surface area (Å²) in [6.07, 6.45) is 0. The Kier molecular flexibility index (Phi) is 6.54. The van der Waals surface area contributed by atoms with E-state index in [9.17, 15) is 9.59 Å². The van der Waals surface area contributed by atoms with Gasteiger partial charge in [0.2, 0.25) is 5.91 Å². The van der Waals surface area contributed by atoms with Crippen molar-refractivity contribution in [2.24, 2.45) is 5.73 Å². The highest BCUT2D eigenvalue weighted by atomic mass is 35.5. The minimum Gasteiger partial charge on any atom is -0.369 e. The molecule has 2 amide bonds. The van der Waals surface area contributed by atoms with E-state index in [1.807, 2.05) is 35.2 Å². The molecule has 154 valence electrons. The number of carbonyl (C=O) groups is 2. The summed E-state index contributed by atoms with van der Waals surface area (Å²) in [7, 11) is 0. The van der Waals surface area contributed by atoms with Crippen molar-refractivity contribution in [3.05, 3.63) is 65.7 Å². The van der Waals surface area contributed by atoms with E-state index in [1.54, 1.807) is 0 Å². The van der Waals surface area contributed by atoms with Gasteiger partial charge in [-0.3, -0.25) is 15.0 Å². The Hall–Kier alpha value is -2.45. The van der Waals surface area contributed by atoms with Gasteiger partial charge in [-0.15, -0.1) is 12.4 Å². The zero-order valence-corrected chi connectivity index (χ0v) is 17.1. The first kappa shape index (κ1) is 21.3. The van der Waals surface area contributed by atoms with Crippen molar-refractivity contribution in [2.75, 3.05) is 37.9 Å². The monoisotopic (exact) mass is 416 g/mol. The molecule has 4 rings (SSSR count). The first-order chi connectivity index (χ1) is 13.6. The van der Waals surface area contributed by atoms with Crippen LogP contribution in [-0.4, -0.2) is 54.2 Å². The van der Waals surface area contributed by atoms with Gasteiger partial charge in [0.25, 0.3) is 0 Å². The molecule has 1 saturated heterocycles. The predicted octanol–water partition coefficient (Wildman–Crippen LogP) is 1.24. The second-order valence-electron chi connectivity index (χ2n) is 7.48. The fourth-order valence-corrected chi connectivity index (χ4v) is 4.23. The van der Waals surface area contributed by atoms with Gasteiger partial charge < -0.3 is 5.73 Å². The van der Waals surface area contributed by atoms with Crippen LogP contribution in [0.4, 0.5) is 5.69 Å². The third-order valence-corrected chi connectivity index (χ3v) is 5.53. The molecule has 1 atom stereocenters. The van der Waals surface area contributed by atoms with Crippen LogP contribution in [0.1, 0.15) is 11.1 Å². The minimum atomic E-state index is -0.361. The molecule has 0 saturated carbocycles. The number of piperazine rings is 1. The molecule has 2 heterocycles. The van der Waals surface area contributed by atoms with Crippen molar-refractivity contribution in [1.29, 1.82) is 0 Å². The zero-order chi connectivity index (χ0) is 19.6. The first-order valence-corrected chi connectivity index (χ1v) is 9.60. The Morgan fingerprint density at radius 1 is 1.10 bits per heavy atom. The number of quaternary nitrogens is 1. The normalized spacial score (nSPS) is 21.9. The van der Waals surface area contributed by atoms with Crippen molar-refractivity contribution >= 4 is 29.9 Å². The SMILES string of the molecule is Cl.NC(=O)CN1Cc2ccccc2N([N+]2(Cc3ccccc3)CCNCC2=O)C1. The Labute approximate surface area is 177 Å². The number of nitrogens with one attached hydrogen (secondary N) is 1. The van der Waals surface area contributed by atoms with Gasteiger partial charge in [-0.2, -0.15) is 4.59 Å². The Balaban J connectivity index is 0.00000240. The third-order valence-electron chi connectivity index (χ3n) is 5.53. The largest absolute Gasteiger partial charge is 0.369 e. The second-order valence-corrected chi connectivity index (χ2v) is 7.48. The standard InChI is InChI=1S/C21H25N5O2.ClH/c22-20(27)14-24-13-18-8-4-5-9-19(18)25(16-24)26(11-10-23-12-21(26)28)15-17-6-2-1-3-7-17;/h1-9,23H,10-16H2,(H-,22,27);1H/p+1. The average Bonchev–Trinajstić information content (AvgIpc) is 2.69. The van der Waals surface area contributed by atoms with Gasteiger partial charge >= 0.3 is 5.91 Å². The number of hydrogen-bond donors (Lipinski definition) is 2. The number of nitrogens with two attached hydrogens (primary N) is 1. The van der Waals surface area contributed by atoms with Crippen LogP contribution < -0.4 is 16.1 Å². The van der Waals surface area contributed by atoms with Crippen LogP contribution in [0.3, 0.4) is 0 Å². The van der Waals surface area contributed by atoms with Crippen LogP contribution in [0.5, 0.6) is 0 Å². The van der Waals surface area contributed by atoms with E-state index in [2.05, 4.69) is 34.6 Å². The second kappa shape index (κ2) is 8.92. The Morgan fingerprint density at radius 2 is 1.83 bits per heavy atom. The van der Waals surface area contributed by atoms with E-state index in [0.29, 0.717) is 32.8 Å². The molecule has 3 N–H and O–H groups in total. The summed E-state index contributed by atoms with van der Waals surface area (Å²) in [5.41, 5.74) is 8.74. The molecule has 0 spiro atoms. The highest BCUT2D eigenvalue weighted by Gasteiger charge is 2.47. The fraction of sp³-hybridized carbons (Fsp3) is 0.333. The molecule has 29 heavy (non-hydrogen) atoms. The minimum absolute atomic E-state index is 0. The number of carbonyl (C=O) groups excluding carboxylic acids is 2. The predicted molar refractivity (Wildman–Crippen MR) is 114 cm³/mol. The lowest BCUT2D eigenvalue weighted by Crippen LogP contribution is -2.72. The maximum atomic E-state index is 13.3. The Morgan fingerprint density at radius 3 is 2.55 bits per heavy atom. The van der Waals surface area contributed by atoms with E-state index in [-0.39, 0.29) is 35.4 Å². The van der Waals surface area contributed by atoms with Crippen molar-refractivity contribution in [1.82, 2.24) is 10.2 Å². The van der Waals surface area contributed by atoms with Gasteiger partial charge in [0.05, 0.1) is 12.2 Å². The molecule has 0 bridgehead atoms. The highest BCUT2D eigenvalue weighted by Crippen LogP contribution is 2.34. The zero-order valence-electron chi connectivity index (χ0n) is 16.3. The van der Waals surface area contributed by atoms with Gasteiger partial charge in [-0.25, -0.2) is 9.80 Å². The quantitative estimate of drug-likeness (QED) is 0.717. The summed E-state index contributed by atoms with van der Waals surface area (Å²) < 4.78 is 0.212.